The van der Waals surface area contributed by atoms with Crippen molar-refractivity contribution in [1.82, 2.24) is 15.5 Å². The topological polar surface area (TPSA) is 37.8 Å². The molecule has 0 radical (unpaired) electrons. The molecule has 0 saturated carbocycles. The molecule has 0 bridgehead atoms. The van der Waals surface area contributed by atoms with Crippen LogP contribution in [0.4, 0.5) is 0 Å². The average Bonchev–Trinajstić information content (AvgIpc) is 2.86. The molecule has 4 heteroatoms. The highest BCUT2D eigenvalue weighted by molar-refractivity contribution is 7.11. The summed E-state index contributed by atoms with van der Waals surface area (Å²) in [5, 5.41) is 14.8. The SMILES string of the molecule is CCCC(CCC)c1nnc(CCCNCC(C)C)s1. The van der Waals surface area contributed by atoms with Crippen LogP contribution in [0.2, 0.25) is 0 Å². The van der Waals surface area contributed by atoms with Crippen LogP contribution in [-0.4, -0.2) is 23.3 Å². The fraction of sp³-hybridized carbons (Fsp3) is 0.875. The molecule has 0 saturated heterocycles. The number of nitrogens with zero attached hydrogens (tertiary/aromatic N) is 2. The normalized spacial score (nSPS) is 11.7. The summed E-state index contributed by atoms with van der Waals surface area (Å²) in [7, 11) is 0. The first-order chi connectivity index (χ1) is 9.67. The largest absolute Gasteiger partial charge is 0.316 e. The molecule has 1 rings (SSSR count). The predicted molar refractivity (Wildman–Crippen MR) is 88.5 cm³/mol. The maximum atomic E-state index is 4.43. The molecule has 0 aliphatic rings. The van der Waals surface area contributed by atoms with E-state index in [0.717, 1.165) is 31.8 Å². The Kier molecular flexibility index (Phi) is 9.03. The molecule has 1 heterocycles. The molecule has 0 aromatic carbocycles. The van der Waals surface area contributed by atoms with Gasteiger partial charge in [-0.25, -0.2) is 0 Å². The molecule has 0 atom stereocenters. The number of hydrogen-bond acceptors (Lipinski definition) is 4. The Labute approximate surface area is 128 Å². The zero-order chi connectivity index (χ0) is 14.8. The molecule has 0 unspecified atom stereocenters. The summed E-state index contributed by atoms with van der Waals surface area (Å²) in [5.41, 5.74) is 0. The number of rotatable bonds is 11. The van der Waals surface area contributed by atoms with E-state index in [0.29, 0.717) is 5.92 Å². The van der Waals surface area contributed by atoms with Crippen LogP contribution in [0.25, 0.3) is 0 Å². The zero-order valence-electron chi connectivity index (χ0n) is 13.6. The zero-order valence-corrected chi connectivity index (χ0v) is 14.4. The second kappa shape index (κ2) is 10.3. The van der Waals surface area contributed by atoms with E-state index in [4.69, 9.17) is 0 Å². The summed E-state index contributed by atoms with van der Waals surface area (Å²) in [6.45, 7) is 11.2. The standard InChI is InChI=1S/C16H31N3S/c1-5-8-14(9-6-2)16-19-18-15(20-16)10-7-11-17-12-13(3)4/h13-14,17H,5-12H2,1-4H3. The Morgan fingerprint density at radius 3 is 2.40 bits per heavy atom. The van der Waals surface area contributed by atoms with Crippen LogP contribution in [0.15, 0.2) is 0 Å². The van der Waals surface area contributed by atoms with Crippen molar-refractivity contribution in [1.29, 1.82) is 0 Å². The lowest BCUT2D eigenvalue weighted by Gasteiger charge is -2.10. The first-order valence-electron chi connectivity index (χ1n) is 8.20. The Hall–Kier alpha value is -0.480. The van der Waals surface area contributed by atoms with Crippen LogP contribution in [-0.2, 0) is 6.42 Å². The number of aromatic nitrogens is 2. The third-order valence-corrected chi connectivity index (χ3v) is 4.55. The number of hydrogen-bond donors (Lipinski definition) is 1. The molecule has 1 aromatic rings. The summed E-state index contributed by atoms with van der Waals surface area (Å²) < 4.78 is 0. The van der Waals surface area contributed by atoms with Crippen molar-refractivity contribution in [2.75, 3.05) is 13.1 Å². The van der Waals surface area contributed by atoms with Gasteiger partial charge < -0.3 is 5.32 Å². The lowest BCUT2D eigenvalue weighted by atomic mass is 9.99. The van der Waals surface area contributed by atoms with Gasteiger partial charge in [0.25, 0.3) is 0 Å². The van der Waals surface area contributed by atoms with E-state index in [-0.39, 0.29) is 0 Å². The first kappa shape index (κ1) is 17.6. The maximum absolute atomic E-state index is 4.43. The van der Waals surface area contributed by atoms with Crippen molar-refractivity contribution in [2.45, 2.75) is 72.1 Å². The first-order valence-corrected chi connectivity index (χ1v) is 9.01. The van der Waals surface area contributed by atoms with Gasteiger partial charge in [-0.05, 0) is 38.3 Å². The lowest BCUT2D eigenvalue weighted by molar-refractivity contribution is 0.542. The van der Waals surface area contributed by atoms with Crippen molar-refractivity contribution in [3.8, 4) is 0 Å². The fourth-order valence-electron chi connectivity index (χ4n) is 2.38. The Bertz CT molecular complexity index is 343. The van der Waals surface area contributed by atoms with Gasteiger partial charge in [0.2, 0.25) is 0 Å². The lowest BCUT2D eigenvalue weighted by Crippen LogP contribution is -2.21. The molecular weight excluding hydrogens is 266 g/mol. The van der Waals surface area contributed by atoms with E-state index in [2.05, 4.69) is 43.2 Å². The van der Waals surface area contributed by atoms with Gasteiger partial charge in [0.05, 0.1) is 0 Å². The quantitative estimate of drug-likeness (QED) is 0.615. The molecule has 0 amide bonds. The highest BCUT2D eigenvalue weighted by Gasteiger charge is 2.15. The smallest absolute Gasteiger partial charge is 0.120 e. The van der Waals surface area contributed by atoms with Crippen molar-refractivity contribution in [2.24, 2.45) is 5.92 Å². The van der Waals surface area contributed by atoms with Crippen LogP contribution in [0, 0.1) is 5.92 Å². The third kappa shape index (κ3) is 6.80. The van der Waals surface area contributed by atoms with E-state index in [1.165, 1.54) is 35.7 Å². The molecule has 116 valence electrons. The highest BCUT2D eigenvalue weighted by atomic mass is 32.1. The predicted octanol–water partition coefficient (Wildman–Crippen LogP) is 4.40. The van der Waals surface area contributed by atoms with E-state index in [1.54, 1.807) is 0 Å². The van der Waals surface area contributed by atoms with Gasteiger partial charge in [-0.15, -0.1) is 21.5 Å². The van der Waals surface area contributed by atoms with Crippen molar-refractivity contribution in [3.05, 3.63) is 10.0 Å². The summed E-state index contributed by atoms with van der Waals surface area (Å²) in [5.74, 6) is 1.36. The second-order valence-electron chi connectivity index (χ2n) is 6.01. The van der Waals surface area contributed by atoms with Gasteiger partial charge >= 0.3 is 0 Å². The van der Waals surface area contributed by atoms with Crippen LogP contribution in [0.3, 0.4) is 0 Å². The second-order valence-corrected chi connectivity index (χ2v) is 7.10. The fourth-order valence-corrected chi connectivity index (χ4v) is 3.43. The molecule has 0 fully saturated rings. The van der Waals surface area contributed by atoms with Gasteiger partial charge in [-0.3, -0.25) is 0 Å². The van der Waals surface area contributed by atoms with Crippen LogP contribution in [0.1, 0.15) is 75.7 Å². The minimum absolute atomic E-state index is 0.635. The summed E-state index contributed by atoms with van der Waals surface area (Å²) >= 11 is 1.84. The molecule has 1 aromatic heterocycles. The Balaban J connectivity index is 2.34. The van der Waals surface area contributed by atoms with Gasteiger partial charge in [-0.1, -0.05) is 40.5 Å². The Morgan fingerprint density at radius 2 is 1.80 bits per heavy atom. The van der Waals surface area contributed by atoms with E-state index in [9.17, 15) is 0 Å². The van der Waals surface area contributed by atoms with Gasteiger partial charge in [0, 0.05) is 12.3 Å². The minimum atomic E-state index is 0.635. The monoisotopic (exact) mass is 297 g/mol. The van der Waals surface area contributed by atoms with E-state index >= 15 is 0 Å². The molecule has 20 heavy (non-hydrogen) atoms. The molecule has 0 aliphatic carbocycles. The number of aryl methyl sites for hydroxylation is 1. The van der Waals surface area contributed by atoms with Gasteiger partial charge in [-0.2, -0.15) is 0 Å². The number of nitrogens with one attached hydrogen (secondary N) is 1. The van der Waals surface area contributed by atoms with Crippen LogP contribution < -0.4 is 5.32 Å². The summed E-state index contributed by atoms with van der Waals surface area (Å²) in [6, 6.07) is 0. The van der Waals surface area contributed by atoms with Crippen LogP contribution in [0.5, 0.6) is 0 Å². The highest BCUT2D eigenvalue weighted by Crippen LogP contribution is 2.28. The molecule has 0 aliphatic heterocycles. The van der Waals surface area contributed by atoms with Crippen molar-refractivity contribution >= 4 is 11.3 Å². The van der Waals surface area contributed by atoms with Crippen molar-refractivity contribution < 1.29 is 0 Å². The maximum Gasteiger partial charge on any atom is 0.120 e. The van der Waals surface area contributed by atoms with Gasteiger partial charge in [0.15, 0.2) is 0 Å². The third-order valence-electron chi connectivity index (χ3n) is 3.40. The summed E-state index contributed by atoms with van der Waals surface area (Å²) in [6.07, 6.45) is 7.19. The van der Waals surface area contributed by atoms with Crippen LogP contribution >= 0.6 is 11.3 Å². The molecule has 3 nitrogen and oxygen atoms in total. The van der Waals surface area contributed by atoms with E-state index in [1.807, 2.05) is 11.3 Å². The van der Waals surface area contributed by atoms with E-state index < -0.39 is 0 Å². The average molecular weight is 298 g/mol. The van der Waals surface area contributed by atoms with Crippen molar-refractivity contribution in [3.63, 3.8) is 0 Å². The molecule has 0 spiro atoms. The Morgan fingerprint density at radius 1 is 1.10 bits per heavy atom. The van der Waals surface area contributed by atoms with Gasteiger partial charge in [0.1, 0.15) is 10.0 Å². The molecular formula is C16H31N3S. The summed E-state index contributed by atoms with van der Waals surface area (Å²) in [4.78, 5) is 0. The minimum Gasteiger partial charge on any atom is -0.316 e. The molecule has 1 N–H and O–H groups in total.